The number of benzene rings is 1. The van der Waals surface area contributed by atoms with Crippen LogP contribution in [0.25, 0.3) is 0 Å². The van der Waals surface area contributed by atoms with E-state index in [1.807, 2.05) is 0 Å². The predicted octanol–water partition coefficient (Wildman–Crippen LogP) is 2.03. The lowest BCUT2D eigenvalue weighted by atomic mass is 10.0. The van der Waals surface area contributed by atoms with E-state index in [0.29, 0.717) is 17.1 Å². The molecule has 0 bridgehead atoms. The highest BCUT2D eigenvalue weighted by atomic mass is 19.1. The molecule has 0 aliphatic carbocycles. The zero-order chi connectivity index (χ0) is 10.8. The Morgan fingerprint density at radius 3 is 2.80 bits per heavy atom. The van der Waals surface area contributed by atoms with Gasteiger partial charge in [0.15, 0.2) is 11.5 Å². The number of ether oxygens (including phenoxy) is 2. The standard InChI is InChI=1S/C11H14FNO2/c1-7(13-2)11(12)8-3-4-9-10(5-8)15-6-14-9/h3-5,7,11,13H,6H2,1-2H3/t7-,11+/m1/s1. The van der Waals surface area contributed by atoms with Crippen molar-refractivity contribution in [3.8, 4) is 11.5 Å². The molecule has 0 unspecified atom stereocenters. The third-order valence-electron chi connectivity index (χ3n) is 2.61. The molecule has 0 spiro atoms. The average Bonchev–Trinajstić information content (AvgIpc) is 2.73. The summed E-state index contributed by atoms with van der Waals surface area (Å²) in [6, 6.07) is 4.95. The molecule has 4 heteroatoms. The van der Waals surface area contributed by atoms with Crippen molar-refractivity contribution in [2.24, 2.45) is 0 Å². The number of fused-ring (bicyclic) bond motifs is 1. The van der Waals surface area contributed by atoms with E-state index in [0.717, 1.165) is 0 Å². The largest absolute Gasteiger partial charge is 0.454 e. The van der Waals surface area contributed by atoms with Crippen molar-refractivity contribution in [1.29, 1.82) is 0 Å². The normalized spacial score (nSPS) is 17.5. The van der Waals surface area contributed by atoms with Gasteiger partial charge in [0.2, 0.25) is 6.79 Å². The molecule has 0 saturated heterocycles. The van der Waals surface area contributed by atoms with Gasteiger partial charge in [0.05, 0.1) is 0 Å². The van der Waals surface area contributed by atoms with E-state index in [1.165, 1.54) is 0 Å². The van der Waals surface area contributed by atoms with Crippen LogP contribution in [0.2, 0.25) is 0 Å². The van der Waals surface area contributed by atoms with E-state index in [2.05, 4.69) is 5.32 Å². The number of rotatable bonds is 3. The molecule has 0 fully saturated rings. The van der Waals surface area contributed by atoms with Crippen LogP contribution in [0.15, 0.2) is 18.2 Å². The summed E-state index contributed by atoms with van der Waals surface area (Å²) in [5, 5.41) is 2.88. The maximum atomic E-state index is 13.8. The third-order valence-corrected chi connectivity index (χ3v) is 2.61. The molecule has 1 aliphatic rings. The minimum absolute atomic E-state index is 0.217. The minimum Gasteiger partial charge on any atom is -0.454 e. The van der Waals surface area contributed by atoms with E-state index in [1.54, 1.807) is 32.2 Å². The maximum absolute atomic E-state index is 13.8. The van der Waals surface area contributed by atoms with Crippen LogP contribution in [-0.2, 0) is 0 Å². The molecule has 0 aromatic heterocycles. The van der Waals surface area contributed by atoms with Crippen molar-refractivity contribution in [2.45, 2.75) is 19.1 Å². The van der Waals surface area contributed by atoms with E-state index in [9.17, 15) is 4.39 Å². The SMILES string of the molecule is CN[C@H](C)[C@H](F)c1ccc2c(c1)OCO2. The van der Waals surface area contributed by atoms with Gasteiger partial charge in [-0.15, -0.1) is 0 Å². The van der Waals surface area contributed by atoms with Crippen LogP contribution < -0.4 is 14.8 Å². The molecule has 3 nitrogen and oxygen atoms in total. The van der Waals surface area contributed by atoms with Crippen LogP contribution >= 0.6 is 0 Å². The number of hydrogen-bond acceptors (Lipinski definition) is 3. The second-order valence-electron chi connectivity index (χ2n) is 3.59. The Morgan fingerprint density at radius 1 is 1.33 bits per heavy atom. The smallest absolute Gasteiger partial charge is 0.231 e. The molecule has 82 valence electrons. The van der Waals surface area contributed by atoms with Crippen molar-refractivity contribution in [3.63, 3.8) is 0 Å². The third kappa shape index (κ3) is 1.90. The highest BCUT2D eigenvalue weighted by Gasteiger charge is 2.20. The first-order valence-corrected chi connectivity index (χ1v) is 4.93. The lowest BCUT2D eigenvalue weighted by Crippen LogP contribution is -2.26. The molecule has 1 heterocycles. The summed E-state index contributed by atoms with van der Waals surface area (Å²) >= 11 is 0. The minimum atomic E-state index is -1.04. The molecule has 0 amide bonds. The number of halogens is 1. The Balaban J connectivity index is 2.22. The van der Waals surface area contributed by atoms with E-state index in [-0.39, 0.29) is 12.8 Å². The fraction of sp³-hybridized carbons (Fsp3) is 0.455. The van der Waals surface area contributed by atoms with Crippen molar-refractivity contribution < 1.29 is 13.9 Å². The Hall–Kier alpha value is -1.29. The molecule has 2 atom stereocenters. The summed E-state index contributed by atoms with van der Waals surface area (Å²) in [6.45, 7) is 2.02. The number of likely N-dealkylation sites (N-methyl/N-ethyl adjacent to an activating group) is 1. The number of alkyl halides is 1. The molecule has 0 radical (unpaired) electrons. The molecule has 1 aromatic carbocycles. The summed E-state index contributed by atoms with van der Waals surface area (Å²) in [6.07, 6.45) is -1.04. The van der Waals surface area contributed by atoms with Gasteiger partial charge in [-0.3, -0.25) is 0 Å². The quantitative estimate of drug-likeness (QED) is 0.829. The van der Waals surface area contributed by atoms with Gasteiger partial charge in [-0.05, 0) is 31.7 Å². The summed E-state index contributed by atoms with van der Waals surface area (Å²) in [5.74, 6) is 1.31. The van der Waals surface area contributed by atoms with Crippen LogP contribution in [0.4, 0.5) is 4.39 Å². The Kier molecular flexibility index (Phi) is 2.77. The van der Waals surface area contributed by atoms with Crippen molar-refractivity contribution >= 4 is 0 Å². The van der Waals surface area contributed by atoms with Crippen LogP contribution in [0.1, 0.15) is 18.7 Å². The second-order valence-corrected chi connectivity index (χ2v) is 3.59. The van der Waals surface area contributed by atoms with Gasteiger partial charge in [0, 0.05) is 6.04 Å². The molecule has 1 aromatic rings. The maximum Gasteiger partial charge on any atom is 0.231 e. The molecule has 0 saturated carbocycles. The van der Waals surface area contributed by atoms with Crippen molar-refractivity contribution in [2.75, 3.05) is 13.8 Å². The zero-order valence-corrected chi connectivity index (χ0v) is 8.79. The van der Waals surface area contributed by atoms with Gasteiger partial charge < -0.3 is 14.8 Å². The Labute approximate surface area is 88.2 Å². The predicted molar refractivity (Wildman–Crippen MR) is 54.9 cm³/mol. The van der Waals surface area contributed by atoms with Gasteiger partial charge in [-0.1, -0.05) is 6.07 Å². The summed E-state index contributed by atoms with van der Waals surface area (Å²) in [7, 11) is 1.74. The van der Waals surface area contributed by atoms with Gasteiger partial charge in [-0.2, -0.15) is 0 Å². The lowest BCUT2D eigenvalue weighted by Gasteiger charge is -2.16. The van der Waals surface area contributed by atoms with Crippen molar-refractivity contribution in [1.82, 2.24) is 5.32 Å². The molecular formula is C11H14FNO2. The number of hydrogen-bond donors (Lipinski definition) is 1. The monoisotopic (exact) mass is 211 g/mol. The summed E-state index contributed by atoms with van der Waals surface area (Å²) < 4.78 is 24.2. The first-order valence-electron chi connectivity index (χ1n) is 4.93. The van der Waals surface area contributed by atoms with Crippen LogP contribution in [0, 0.1) is 0 Å². The molecule has 1 aliphatic heterocycles. The first kappa shape index (κ1) is 10.2. The fourth-order valence-electron chi connectivity index (χ4n) is 1.52. The molecule has 1 N–H and O–H groups in total. The van der Waals surface area contributed by atoms with Gasteiger partial charge in [0.25, 0.3) is 0 Å². The highest BCUT2D eigenvalue weighted by molar-refractivity contribution is 5.45. The average molecular weight is 211 g/mol. The van der Waals surface area contributed by atoms with E-state index < -0.39 is 6.17 Å². The van der Waals surface area contributed by atoms with E-state index in [4.69, 9.17) is 9.47 Å². The first-order chi connectivity index (χ1) is 7.22. The Bertz CT molecular complexity index is 356. The van der Waals surface area contributed by atoms with Crippen molar-refractivity contribution in [3.05, 3.63) is 23.8 Å². The topological polar surface area (TPSA) is 30.5 Å². The number of nitrogens with one attached hydrogen (secondary N) is 1. The summed E-state index contributed by atoms with van der Waals surface area (Å²) in [4.78, 5) is 0. The van der Waals surface area contributed by atoms with Crippen LogP contribution in [0.5, 0.6) is 11.5 Å². The van der Waals surface area contributed by atoms with Gasteiger partial charge in [-0.25, -0.2) is 4.39 Å². The molecule has 2 rings (SSSR count). The fourth-order valence-corrected chi connectivity index (χ4v) is 1.52. The lowest BCUT2D eigenvalue weighted by molar-refractivity contribution is 0.173. The highest BCUT2D eigenvalue weighted by Crippen LogP contribution is 2.35. The second kappa shape index (κ2) is 4.06. The summed E-state index contributed by atoms with van der Waals surface area (Å²) in [5.41, 5.74) is 0.612. The van der Waals surface area contributed by atoms with Gasteiger partial charge in [0.1, 0.15) is 6.17 Å². The van der Waals surface area contributed by atoms with Gasteiger partial charge >= 0.3 is 0 Å². The molecular weight excluding hydrogens is 197 g/mol. The van der Waals surface area contributed by atoms with Crippen LogP contribution in [-0.4, -0.2) is 19.9 Å². The van der Waals surface area contributed by atoms with Crippen LogP contribution in [0.3, 0.4) is 0 Å². The Morgan fingerprint density at radius 2 is 2.07 bits per heavy atom. The molecule has 15 heavy (non-hydrogen) atoms. The zero-order valence-electron chi connectivity index (χ0n) is 8.79. The van der Waals surface area contributed by atoms with E-state index >= 15 is 0 Å².